The highest BCUT2D eigenvalue weighted by Crippen LogP contribution is 2.43. The van der Waals surface area contributed by atoms with Gasteiger partial charge in [-0.2, -0.15) is 4.57 Å². The van der Waals surface area contributed by atoms with Crippen LogP contribution in [0.4, 0.5) is 0 Å². The van der Waals surface area contributed by atoms with Crippen LogP contribution in [0.5, 0.6) is 34.5 Å². The summed E-state index contributed by atoms with van der Waals surface area (Å²) in [5, 5.41) is 2.08. The van der Waals surface area contributed by atoms with Gasteiger partial charge in [-0.1, -0.05) is 12.7 Å². The molecule has 0 bridgehead atoms. The van der Waals surface area contributed by atoms with Gasteiger partial charge < -0.3 is 28.4 Å². The maximum Gasteiger partial charge on any atom is 0.217 e. The summed E-state index contributed by atoms with van der Waals surface area (Å²) in [4.78, 5) is 0. The van der Waals surface area contributed by atoms with Gasteiger partial charge in [-0.3, -0.25) is 0 Å². The quantitative estimate of drug-likeness (QED) is 0.199. The van der Waals surface area contributed by atoms with Gasteiger partial charge in [-0.05, 0) is 47.5 Å². The van der Waals surface area contributed by atoms with Gasteiger partial charge in [0, 0.05) is 29.9 Å². The molecule has 0 radical (unpaired) electrons. The van der Waals surface area contributed by atoms with Crippen LogP contribution >= 0.6 is 0 Å². The number of rotatable bonds is 10. The van der Waals surface area contributed by atoms with E-state index in [9.17, 15) is 0 Å². The Kier molecular flexibility index (Phi) is 7.50. The van der Waals surface area contributed by atoms with E-state index >= 15 is 0 Å². The van der Waals surface area contributed by atoms with E-state index in [2.05, 4.69) is 47.7 Å². The minimum absolute atomic E-state index is 0.412. The van der Waals surface area contributed by atoms with Crippen LogP contribution in [0.1, 0.15) is 16.7 Å². The molecule has 0 aliphatic carbocycles. The number of methoxy groups -OCH3 is 5. The van der Waals surface area contributed by atoms with Crippen LogP contribution in [0, 0.1) is 0 Å². The third-order valence-corrected chi connectivity index (χ3v) is 7.18. The number of pyridine rings is 1. The summed E-state index contributed by atoms with van der Waals surface area (Å²) in [5.41, 5.74) is 5.68. The molecule has 0 saturated carbocycles. The molecule has 0 atom stereocenters. The van der Waals surface area contributed by atoms with Crippen LogP contribution in [0.3, 0.4) is 0 Å². The van der Waals surface area contributed by atoms with Crippen molar-refractivity contribution < 1.29 is 33.0 Å². The second-order valence-corrected chi connectivity index (χ2v) is 9.32. The van der Waals surface area contributed by atoms with Gasteiger partial charge in [0.15, 0.2) is 35.7 Å². The van der Waals surface area contributed by atoms with Gasteiger partial charge >= 0.3 is 0 Å². The number of benzene rings is 3. The molecule has 7 heteroatoms. The summed E-state index contributed by atoms with van der Waals surface area (Å²) in [7, 11) is 8.34. The lowest BCUT2D eigenvalue weighted by Crippen LogP contribution is -2.41. The molecule has 39 heavy (non-hydrogen) atoms. The number of ether oxygens (including phenoxy) is 6. The van der Waals surface area contributed by atoms with Crippen LogP contribution in [-0.4, -0.2) is 42.2 Å². The Morgan fingerprint density at radius 3 is 2.18 bits per heavy atom. The van der Waals surface area contributed by atoms with Crippen molar-refractivity contribution in [2.24, 2.45) is 0 Å². The number of hydrogen-bond acceptors (Lipinski definition) is 6. The molecule has 5 rings (SSSR count). The first-order valence-corrected chi connectivity index (χ1v) is 12.8. The largest absolute Gasteiger partial charge is 0.497 e. The van der Waals surface area contributed by atoms with Gasteiger partial charge in [-0.15, -0.1) is 0 Å². The van der Waals surface area contributed by atoms with Crippen LogP contribution in [-0.2, 0) is 19.4 Å². The molecule has 4 aromatic rings. The van der Waals surface area contributed by atoms with Crippen molar-refractivity contribution in [3.8, 4) is 45.8 Å². The number of fused-ring (bicyclic) bond motifs is 4. The molecule has 0 saturated heterocycles. The zero-order valence-electron chi connectivity index (χ0n) is 23.1. The molecule has 2 heterocycles. The molecule has 0 fully saturated rings. The predicted octanol–water partition coefficient (Wildman–Crippen LogP) is 5.55. The molecule has 0 unspecified atom stereocenters. The Labute approximate surface area is 229 Å². The molecule has 202 valence electrons. The summed E-state index contributed by atoms with van der Waals surface area (Å²) in [6, 6.07) is 14.2. The fraction of sp³-hybridized carbons (Fsp3) is 0.281. The average Bonchev–Trinajstić information content (AvgIpc) is 2.98. The normalized spacial score (nSPS) is 11.8. The molecular weight excluding hydrogens is 494 g/mol. The summed E-state index contributed by atoms with van der Waals surface area (Å²) >= 11 is 0. The number of aryl methyl sites for hydroxylation is 2. The van der Waals surface area contributed by atoms with Crippen molar-refractivity contribution in [3.63, 3.8) is 0 Å². The lowest BCUT2D eigenvalue weighted by molar-refractivity contribution is -0.686. The first-order chi connectivity index (χ1) is 19.0. The van der Waals surface area contributed by atoms with Crippen molar-refractivity contribution >= 4 is 10.8 Å². The second-order valence-electron chi connectivity index (χ2n) is 9.32. The minimum atomic E-state index is 0.412. The van der Waals surface area contributed by atoms with Gasteiger partial charge in [0.2, 0.25) is 5.69 Å². The first kappa shape index (κ1) is 26.2. The zero-order valence-corrected chi connectivity index (χ0v) is 23.1. The standard InChI is InChI=1S/C32H34NO6/c1-7-12-39-30-16-21-10-11-33-19-27-24(8-9-28(36-4)32(27)38-6)26(31(33)25(21)18-29(30)37-5)15-20-13-22(34-2)17-23(14-20)35-3/h7-9,13-14,16-19H,1,10-12,15H2,2-6H3/q+1. The van der Waals surface area contributed by atoms with E-state index in [0.29, 0.717) is 30.3 Å². The van der Waals surface area contributed by atoms with E-state index in [-0.39, 0.29) is 0 Å². The summed E-state index contributed by atoms with van der Waals surface area (Å²) in [6.07, 6.45) is 5.40. The number of aromatic nitrogens is 1. The zero-order chi connectivity index (χ0) is 27.5. The van der Waals surface area contributed by atoms with Gasteiger partial charge in [0.05, 0.1) is 46.5 Å². The topological polar surface area (TPSA) is 59.3 Å². The van der Waals surface area contributed by atoms with E-state index in [0.717, 1.165) is 63.4 Å². The monoisotopic (exact) mass is 528 g/mol. The maximum atomic E-state index is 5.93. The van der Waals surface area contributed by atoms with Crippen LogP contribution in [0.15, 0.2) is 61.3 Å². The van der Waals surface area contributed by atoms with Gasteiger partial charge in [0.25, 0.3) is 0 Å². The average molecular weight is 529 g/mol. The Morgan fingerprint density at radius 2 is 1.54 bits per heavy atom. The van der Waals surface area contributed by atoms with Crippen molar-refractivity contribution in [2.75, 3.05) is 42.2 Å². The molecule has 0 amide bonds. The van der Waals surface area contributed by atoms with Crippen LogP contribution in [0.25, 0.3) is 22.0 Å². The molecule has 1 aliphatic heterocycles. The van der Waals surface area contributed by atoms with E-state index in [1.165, 1.54) is 5.56 Å². The van der Waals surface area contributed by atoms with Crippen LogP contribution < -0.4 is 33.0 Å². The van der Waals surface area contributed by atoms with Crippen molar-refractivity contribution in [1.82, 2.24) is 0 Å². The lowest BCUT2D eigenvalue weighted by Gasteiger charge is -2.22. The Bertz CT molecular complexity index is 1520. The highest BCUT2D eigenvalue weighted by Gasteiger charge is 2.31. The third kappa shape index (κ3) is 4.80. The first-order valence-electron chi connectivity index (χ1n) is 12.8. The second kappa shape index (κ2) is 11.2. The molecule has 7 nitrogen and oxygen atoms in total. The summed E-state index contributed by atoms with van der Waals surface area (Å²) in [6.45, 7) is 4.99. The molecule has 1 aliphatic rings. The Morgan fingerprint density at radius 1 is 0.795 bits per heavy atom. The summed E-state index contributed by atoms with van der Waals surface area (Å²) < 4.78 is 36.6. The predicted molar refractivity (Wildman–Crippen MR) is 151 cm³/mol. The molecule has 3 aromatic carbocycles. The van der Waals surface area contributed by atoms with E-state index < -0.39 is 0 Å². The van der Waals surface area contributed by atoms with Crippen molar-refractivity contribution in [3.05, 3.63) is 78.0 Å². The van der Waals surface area contributed by atoms with E-state index in [1.807, 2.05) is 12.1 Å². The Balaban J connectivity index is 1.80. The molecule has 0 N–H and O–H groups in total. The van der Waals surface area contributed by atoms with E-state index in [1.54, 1.807) is 41.6 Å². The van der Waals surface area contributed by atoms with E-state index in [4.69, 9.17) is 28.4 Å². The highest BCUT2D eigenvalue weighted by molar-refractivity contribution is 5.95. The molecule has 0 spiro atoms. The maximum absolute atomic E-state index is 5.93. The number of nitrogens with zero attached hydrogens (tertiary/aromatic N) is 1. The Hall–Kier alpha value is -4.39. The van der Waals surface area contributed by atoms with Gasteiger partial charge in [-0.25, -0.2) is 0 Å². The lowest BCUT2D eigenvalue weighted by atomic mass is 9.88. The minimum Gasteiger partial charge on any atom is -0.497 e. The smallest absolute Gasteiger partial charge is 0.217 e. The summed E-state index contributed by atoms with van der Waals surface area (Å²) in [5.74, 6) is 4.31. The fourth-order valence-corrected chi connectivity index (χ4v) is 5.40. The van der Waals surface area contributed by atoms with Crippen molar-refractivity contribution in [1.29, 1.82) is 0 Å². The fourth-order valence-electron chi connectivity index (χ4n) is 5.40. The van der Waals surface area contributed by atoms with Crippen molar-refractivity contribution in [2.45, 2.75) is 19.4 Å². The number of hydrogen-bond donors (Lipinski definition) is 0. The van der Waals surface area contributed by atoms with Crippen LogP contribution in [0.2, 0.25) is 0 Å². The van der Waals surface area contributed by atoms with Gasteiger partial charge in [0.1, 0.15) is 18.1 Å². The highest BCUT2D eigenvalue weighted by atomic mass is 16.5. The molecular formula is C32H34NO6+. The third-order valence-electron chi connectivity index (χ3n) is 7.18. The molecule has 1 aromatic heterocycles. The SMILES string of the molecule is C=CCOc1cc2c(cc1OC)-c1c(Cc3cc(OC)cc(OC)c3)c3ccc(OC)c(OC)c3c[n+]1CC2.